The molecule has 4 nitrogen and oxygen atoms in total. The highest BCUT2D eigenvalue weighted by molar-refractivity contribution is 5.89. The molecule has 2 aromatic heterocycles. The molecule has 0 aliphatic carbocycles. The Labute approximate surface area is 119 Å². The summed E-state index contributed by atoms with van der Waals surface area (Å²) in [6.45, 7) is 8.10. The fourth-order valence-corrected chi connectivity index (χ4v) is 2.15. The van der Waals surface area contributed by atoms with E-state index in [1.807, 2.05) is 31.5 Å². The predicted octanol–water partition coefficient (Wildman–Crippen LogP) is 3.65. The van der Waals surface area contributed by atoms with E-state index in [2.05, 4.69) is 41.2 Å². The molecule has 3 rings (SSSR count). The molecule has 0 aliphatic heterocycles. The molecule has 4 heteroatoms. The minimum atomic E-state index is 0.508. The van der Waals surface area contributed by atoms with Crippen LogP contribution < -0.4 is 5.73 Å². The molecular weight excluding hydrogens is 248 g/mol. The first-order chi connectivity index (χ1) is 9.66. The van der Waals surface area contributed by atoms with Gasteiger partial charge in [0.15, 0.2) is 5.82 Å². The van der Waals surface area contributed by atoms with Gasteiger partial charge in [-0.3, -0.25) is 0 Å². The quantitative estimate of drug-likeness (QED) is 0.733. The fourth-order valence-electron chi connectivity index (χ4n) is 2.15. The van der Waals surface area contributed by atoms with Crippen LogP contribution in [0, 0.1) is 13.8 Å². The van der Waals surface area contributed by atoms with Gasteiger partial charge in [-0.15, -0.1) is 0 Å². The number of nitrogens with two attached hydrogens (primary N) is 1. The third kappa shape index (κ3) is 2.37. The second-order valence-electron chi connectivity index (χ2n) is 4.47. The fraction of sp³-hybridized carbons (Fsp3) is 0.250. The minimum Gasteiger partial charge on any atom is -0.382 e. The van der Waals surface area contributed by atoms with Crippen molar-refractivity contribution >= 4 is 16.9 Å². The van der Waals surface area contributed by atoms with Gasteiger partial charge in [-0.05, 0) is 31.5 Å². The van der Waals surface area contributed by atoms with E-state index < -0.39 is 0 Å². The first kappa shape index (κ1) is 14.1. The molecule has 0 spiro atoms. The van der Waals surface area contributed by atoms with Crippen LogP contribution in [0.2, 0.25) is 0 Å². The summed E-state index contributed by atoms with van der Waals surface area (Å²) in [5, 5.41) is 0. The lowest BCUT2D eigenvalue weighted by Crippen LogP contribution is -1.98. The molecule has 0 unspecified atom stereocenters. The second-order valence-corrected chi connectivity index (χ2v) is 4.47. The van der Waals surface area contributed by atoms with Crippen molar-refractivity contribution in [1.29, 1.82) is 0 Å². The van der Waals surface area contributed by atoms with Gasteiger partial charge in [0, 0.05) is 11.9 Å². The lowest BCUT2D eigenvalue weighted by molar-refractivity contribution is 1.10. The number of fused-ring (bicyclic) bond motifs is 1. The molecule has 0 fully saturated rings. The molecule has 0 aliphatic rings. The molecule has 0 radical (unpaired) electrons. The van der Waals surface area contributed by atoms with Gasteiger partial charge in [-0.25, -0.2) is 9.97 Å². The van der Waals surface area contributed by atoms with Crippen LogP contribution in [0.15, 0.2) is 36.8 Å². The van der Waals surface area contributed by atoms with Crippen LogP contribution in [0.25, 0.3) is 16.7 Å². The lowest BCUT2D eigenvalue weighted by atomic mass is 10.2. The highest BCUT2D eigenvalue weighted by atomic mass is 15.0. The summed E-state index contributed by atoms with van der Waals surface area (Å²) in [4.78, 5) is 8.36. The number of benzene rings is 1. The van der Waals surface area contributed by atoms with Crippen molar-refractivity contribution in [2.45, 2.75) is 27.7 Å². The van der Waals surface area contributed by atoms with Crippen LogP contribution in [0.5, 0.6) is 0 Å². The van der Waals surface area contributed by atoms with E-state index in [1.54, 1.807) is 0 Å². The number of hydrogen-bond donors (Lipinski definition) is 1. The smallest absolute Gasteiger partial charge is 0.151 e. The Hall–Kier alpha value is -2.36. The summed E-state index contributed by atoms with van der Waals surface area (Å²) in [5.41, 5.74) is 11.1. The Morgan fingerprint density at radius 1 is 1.00 bits per heavy atom. The zero-order valence-electron chi connectivity index (χ0n) is 12.4. The number of hydrogen-bond acceptors (Lipinski definition) is 3. The zero-order valence-corrected chi connectivity index (χ0v) is 12.4. The standard InChI is InChI=1S/C14H14N4.C2H6/c1-9-3-5-11(6-4-9)18-7-10(2)12-13(18)14(15)17-8-16-12;1-2/h3-8H,1-2H3,(H2,15,16,17);1-2H3. The third-order valence-electron chi connectivity index (χ3n) is 3.10. The number of aryl methyl sites for hydroxylation is 2. The zero-order chi connectivity index (χ0) is 14.7. The molecule has 1 aromatic carbocycles. The second kappa shape index (κ2) is 5.74. The van der Waals surface area contributed by atoms with Crippen LogP contribution in [0.1, 0.15) is 25.0 Å². The summed E-state index contributed by atoms with van der Waals surface area (Å²) in [7, 11) is 0. The summed E-state index contributed by atoms with van der Waals surface area (Å²) >= 11 is 0. The van der Waals surface area contributed by atoms with Crippen molar-refractivity contribution in [3.8, 4) is 5.69 Å². The van der Waals surface area contributed by atoms with Crippen LogP contribution in [-0.2, 0) is 0 Å². The summed E-state index contributed by atoms with van der Waals surface area (Å²) < 4.78 is 2.04. The van der Waals surface area contributed by atoms with Crippen molar-refractivity contribution in [2.24, 2.45) is 0 Å². The first-order valence-electron chi connectivity index (χ1n) is 6.82. The monoisotopic (exact) mass is 268 g/mol. The predicted molar refractivity (Wildman–Crippen MR) is 84.1 cm³/mol. The van der Waals surface area contributed by atoms with Crippen LogP contribution in [0.4, 0.5) is 5.82 Å². The molecule has 20 heavy (non-hydrogen) atoms. The van der Waals surface area contributed by atoms with Crippen molar-refractivity contribution in [3.63, 3.8) is 0 Å². The van der Waals surface area contributed by atoms with E-state index in [1.165, 1.54) is 11.9 Å². The van der Waals surface area contributed by atoms with E-state index in [-0.39, 0.29) is 0 Å². The van der Waals surface area contributed by atoms with Gasteiger partial charge in [0.05, 0.1) is 5.52 Å². The summed E-state index contributed by atoms with van der Waals surface area (Å²) in [5.74, 6) is 0.508. The van der Waals surface area contributed by atoms with Gasteiger partial charge < -0.3 is 10.3 Å². The van der Waals surface area contributed by atoms with E-state index in [0.29, 0.717) is 5.82 Å². The van der Waals surface area contributed by atoms with Crippen molar-refractivity contribution in [3.05, 3.63) is 47.9 Å². The van der Waals surface area contributed by atoms with Crippen molar-refractivity contribution in [1.82, 2.24) is 14.5 Å². The van der Waals surface area contributed by atoms with Gasteiger partial charge in [0.25, 0.3) is 0 Å². The SMILES string of the molecule is CC.Cc1ccc(-n2cc(C)c3ncnc(N)c32)cc1. The number of nitrogens with zero attached hydrogens (tertiary/aromatic N) is 3. The Kier molecular flexibility index (Phi) is 4.03. The molecule has 0 saturated heterocycles. The van der Waals surface area contributed by atoms with Crippen LogP contribution >= 0.6 is 0 Å². The Morgan fingerprint density at radius 2 is 1.65 bits per heavy atom. The largest absolute Gasteiger partial charge is 0.382 e. The van der Waals surface area contributed by atoms with Gasteiger partial charge in [0.2, 0.25) is 0 Å². The van der Waals surface area contributed by atoms with Gasteiger partial charge in [0.1, 0.15) is 11.8 Å². The number of nitrogen functional groups attached to an aromatic ring is 1. The molecule has 2 N–H and O–H groups in total. The molecule has 0 amide bonds. The number of aromatic nitrogens is 3. The van der Waals surface area contributed by atoms with E-state index in [4.69, 9.17) is 5.73 Å². The maximum Gasteiger partial charge on any atom is 0.151 e. The summed E-state index contributed by atoms with van der Waals surface area (Å²) in [6, 6.07) is 8.30. The maximum atomic E-state index is 5.97. The molecular formula is C16H20N4. The first-order valence-corrected chi connectivity index (χ1v) is 6.82. The highest BCUT2D eigenvalue weighted by Gasteiger charge is 2.11. The highest BCUT2D eigenvalue weighted by Crippen LogP contribution is 2.25. The molecule has 0 atom stereocenters. The van der Waals surface area contributed by atoms with Crippen LogP contribution in [-0.4, -0.2) is 14.5 Å². The topological polar surface area (TPSA) is 56.7 Å². The van der Waals surface area contributed by atoms with Crippen molar-refractivity contribution in [2.75, 3.05) is 5.73 Å². The molecule has 0 saturated carbocycles. The maximum absolute atomic E-state index is 5.97. The van der Waals surface area contributed by atoms with E-state index in [9.17, 15) is 0 Å². The normalized spacial score (nSPS) is 10.2. The van der Waals surface area contributed by atoms with Crippen LogP contribution in [0.3, 0.4) is 0 Å². The van der Waals surface area contributed by atoms with Gasteiger partial charge in [-0.2, -0.15) is 0 Å². The van der Waals surface area contributed by atoms with Gasteiger partial charge in [-0.1, -0.05) is 31.5 Å². The Morgan fingerprint density at radius 3 is 2.30 bits per heavy atom. The molecule has 0 bridgehead atoms. The Balaban J connectivity index is 0.000000704. The Bertz CT molecular complexity index is 711. The molecule has 3 aromatic rings. The minimum absolute atomic E-state index is 0.508. The summed E-state index contributed by atoms with van der Waals surface area (Å²) in [6.07, 6.45) is 3.55. The molecule has 104 valence electrons. The third-order valence-corrected chi connectivity index (χ3v) is 3.10. The number of rotatable bonds is 1. The lowest BCUT2D eigenvalue weighted by Gasteiger charge is -2.06. The van der Waals surface area contributed by atoms with Gasteiger partial charge >= 0.3 is 0 Å². The average molecular weight is 268 g/mol. The average Bonchev–Trinajstić information content (AvgIpc) is 2.81. The van der Waals surface area contributed by atoms with E-state index >= 15 is 0 Å². The van der Waals surface area contributed by atoms with Crippen molar-refractivity contribution < 1.29 is 0 Å². The number of anilines is 1. The molecule has 2 heterocycles. The van der Waals surface area contributed by atoms with E-state index in [0.717, 1.165) is 22.3 Å².